The fraction of sp³-hybridized carbons (Fsp3) is 0.951. The summed E-state index contributed by atoms with van der Waals surface area (Å²) in [6, 6.07) is 0. The number of carbonyl (C=O) groups excluding carboxylic acids is 2. The zero-order chi connectivity index (χ0) is 31.9. The molecule has 0 aliphatic rings. The van der Waals surface area contributed by atoms with E-state index in [0.29, 0.717) is 13.0 Å². The summed E-state index contributed by atoms with van der Waals surface area (Å²) in [5, 5.41) is 0. The van der Waals surface area contributed by atoms with Gasteiger partial charge >= 0.3 is 5.97 Å². The number of ether oxygens (including phenoxy) is 1. The van der Waals surface area contributed by atoms with Crippen LogP contribution in [0.1, 0.15) is 244 Å². The molecule has 0 aromatic rings. The molecule has 0 heterocycles. The number of aldehydes is 1. The highest BCUT2D eigenvalue weighted by Gasteiger charge is 2.03. The van der Waals surface area contributed by atoms with E-state index in [1.54, 1.807) is 0 Å². The second-order valence-electron chi connectivity index (χ2n) is 13.9. The average Bonchev–Trinajstić information content (AvgIpc) is 3.03. The number of esters is 1. The van der Waals surface area contributed by atoms with Gasteiger partial charge in [0.15, 0.2) is 0 Å². The van der Waals surface area contributed by atoms with Crippen LogP contribution in [-0.2, 0) is 14.3 Å². The lowest BCUT2D eigenvalue weighted by molar-refractivity contribution is -0.143. The highest BCUT2D eigenvalue weighted by Crippen LogP contribution is 2.16. The van der Waals surface area contributed by atoms with Crippen LogP contribution in [0.2, 0.25) is 0 Å². The number of rotatable bonds is 39. The second-order valence-corrected chi connectivity index (χ2v) is 13.9. The molecule has 0 fully saturated rings. The van der Waals surface area contributed by atoms with Crippen molar-refractivity contribution in [3.05, 3.63) is 0 Å². The Bertz CT molecular complexity index is 546. The standard InChI is InChI=1S/C41H80O3/c1-2-3-4-5-6-7-8-9-17-20-23-26-29-32-35-38-41(43)44-40-37-34-31-28-25-22-19-16-14-12-10-11-13-15-18-21-24-27-30-33-36-39-42/h39H,2-38,40H2,1H3. The third-order valence-corrected chi connectivity index (χ3v) is 9.46. The van der Waals surface area contributed by atoms with Crippen molar-refractivity contribution in [3.8, 4) is 0 Å². The molecule has 0 aliphatic heterocycles. The Morgan fingerprint density at radius 1 is 0.386 bits per heavy atom. The van der Waals surface area contributed by atoms with E-state index in [-0.39, 0.29) is 5.97 Å². The number of carbonyl (C=O) groups is 2. The van der Waals surface area contributed by atoms with Crippen molar-refractivity contribution < 1.29 is 14.3 Å². The van der Waals surface area contributed by atoms with Crippen LogP contribution in [-0.4, -0.2) is 18.9 Å². The van der Waals surface area contributed by atoms with E-state index < -0.39 is 0 Å². The van der Waals surface area contributed by atoms with Gasteiger partial charge in [0.2, 0.25) is 0 Å². The molecular formula is C41H80O3. The first-order valence-electron chi connectivity index (χ1n) is 20.4. The lowest BCUT2D eigenvalue weighted by atomic mass is 10.0. The Balaban J connectivity index is 3.14. The molecule has 0 atom stereocenters. The van der Waals surface area contributed by atoms with Crippen molar-refractivity contribution in [2.45, 2.75) is 244 Å². The van der Waals surface area contributed by atoms with E-state index in [2.05, 4.69) is 6.92 Å². The molecule has 0 saturated heterocycles. The maximum Gasteiger partial charge on any atom is 0.305 e. The Morgan fingerprint density at radius 2 is 0.659 bits per heavy atom. The summed E-state index contributed by atoms with van der Waals surface area (Å²) in [6.07, 6.45) is 49.5. The minimum Gasteiger partial charge on any atom is -0.466 e. The molecule has 0 aromatic carbocycles. The lowest BCUT2D eigenvalue weighted by Crippen LogP contribution is -2.05. The number of unbranched alkanes of at least 4 members (excludes halogenated alkanes) is 34. The van der Waals surface area contributed by atoms with E-state index in [9.17, 15) is 9.59 Å². The van der Waals surface area contributed by atoms with Crippen LogP contribution in [0, 0.1) is 0 Å². The monoisotopic (exact) mass is 621 g/mol. The molecule has 3 nitrogen and oxygen atoms in total. The van der Waals surface area contributed by atoms with Crippen LogP contribution < -0.4 is 0 Å². The van der Waals surface area contributed by atoms with Gasteiger partial charge in [-0.05, 0) is 19.3 Å². The fourth-order valence-corrected chi connectivity index (χ4v) is 6.41. The van der Waals surface area contributed by atoms with Crippen molar-refractivity contribution in [1.29, 1.82) is 0 Å². The zero-order valence-corrected chi connectivity index (χ0v) is 30.2. The molecule has 0 spiro atoms. The van der Waals surface area contributed by atoms with Gasteiger partial charge < -0.3 is 9.53 Å². The molecule has 0 unspecified atom stereocenters. The average molecular weight is 621 g/mol. The summed E-state index contributed by atoms with van der Waals surface area (Å²) in [4.78, 5) is 22.3. The van der Waals surface area contributed by atoms with E-state index in [1.807, 2.05) is 0 Å². The molecule has 0 bridgehead atoms. The predicted molar refractivity (Wildman–Crippen MR) is 194 cm³/mol. The Hall–Kier alpha value is -0.860. The Kier molecular flexibility index (Phi) is 39.4. The van der Waals surface area contributed by atoms with Crippen LogP contribution in [0.4, 0.5) is 0 Å². The van der Waals surface area contributed by atoms with E-state index in [1.165, 1.54) is 205 Å². The first-order valence-corrected chi connectivity index (χ1v) is 20.4. The van der Waals surface area contributed by atoms with Crippen molar-refractivity contribution in [2.24, 2.45) is 0 Å². The van der Waals surface area contributed by atoms with Crippen molar-refractivity contribution in [1.82, 2.24) is 0 Å². The van der Waals surface area contributed by atoms with Gasteiger partial charge in [0.1, 0.15) is 6.29 Å². The van der Waals surface area contributed by atoms with Crippen LogP contribution in [0.3, 0.4) is 0 Å². The SMILES string of the molecule is CCCCCCCCCCCCCCCCCC(=O)OCCCCCCCCCCCCCCCCCCCCCCC=O. The zero-order valence-electron chi connectivity index (χ0n) is 30.2. The Morgan fingerprint density at radius 3 is 0.977 bits per heavy atom. The highest BCUT2D eigenvalue weighted by molar-refractivity contribution is 5.69. The van der Waals surface area contributed by atoms with Gasteiger partial charge in [-0.3, -0.25) is 4.79 Å². The van der Waals surface area contributed by atoms with Crippen LogP contribution in [0.15, 0.2) is 0 Å². The summed E-state index contributed by atoms with van der Waals surface area (Å²) in [5.41, 5.74) is 0. The van der Waals surface area contributed by atoms with Gasteiger partial charge in [-0.1, -0.05) is 212 Å². The van der Waals surface area contributed by atoms with Gasteiger partial charge in [0.25, 0.3) is 0 Å². The molecular weight excluding hydrogens is 540 g/mol. The lowest BCUT2D eigenvalue weighted by Gasteiger charge is -2.06. The van der Waals surface area contributed by atoms with Gasteiger partial charge in [-0.25, -0.2) is 0 Å². The van der Waals surface area contributed by atoms with Crippen LogP contribution >= 0.6 is 0 Å². The third kappa shape index (κ3) is 39.2. The minimum atomic E-state index is 0.0225. The van der Waals surface area contributed by atoms with Gasteiger partial charge in [-0.2, -0.15) is 0 Å². The first-order chi connectivity index (χ1) is 21.8. The summed E-state index contributed by atoms with van der Waals surface area (Å²) in [6.45, 7) is 2.91. The summed E-state index contributed by atoms with van der Waals surface area (Å²) >= 11 is 0. The normalized spacial score (nSPS) is 11.3. The second kappa shape index (κ2) is 40.2. The summed E-state index contributed by atoms with van der Waals surface area (Å²) in [5.74, 6) is 0.0225. The predicted octanol–water partition coefficient (Wildman–Crippen LogP) is 14.2. The number of hydrogen-bond donors (Lipinski definition) is 0. The topological polar surface area (TPSA) is 43.4 Å². The van der Waals surface area contributed by atoms with Crippen LogP contribution in [0.25, 0.3) is 0 Å². The molecule has 0 N–H and O–H groups in total. The molecule has 0 amide bonds. The van der Waals surface area contributed by atoms with E-state index >= 15 is 0 Å². The minimum absolute atomic E-state index is 0.0225. The summed E-state index contributed by atoms with van der Waals surface area (Å²) < 4.78 is 5.46. The molecule has 0 aromatic heterocycles. The van der Waals surface area contributed by atoms with Crippen molar-refractivity contribution in [2.75, 3.05) is 6.61 Å². The molecule has 0 radical (unpaired) electrons. The largest absolute Gasteiger partial charge is 0.466 e. The van der Waals surface area contributed by atoms with E-state index in [4.69, 9.17) is 4.74 Å². The Labute approximate surface area is 277 Å². The van der Waals surface area contributed by atoms with Gasteiger partial charge in [-0.15, -0.1) is 0 Å². The molecule has 3 heteroatoms. The molecule has 262 valence electrons. The number of hydrogen-bond acceptors (Lipinski definition) is 3. The van der Waals surface area contributed by atoms with Gasteiger partial charge in [0.05, 0.1) is 6.61 Å². The first kappa shape index (κ1) is 43.1. The van der Waals surface area contributed by atoms with Gasteiger partial charge in [0, 0.05) is 12.8 Å². The maximum absolute atomic E-state index is 12.0. The molecule has 0 aliphatic carbocycles. The maximum atomic E-state index is 12.0. The molecule has 44 heavy (non-hydrogen) atoms. The van der Waals surface area contributed by atoms with Crippen molar-refractivity contribution in [3.63, 3.8) is 0 Å². The highest BCUT2D eigenvalue weighted by atomic mass is 16.5. The van der Waals surface area contributed by atoms with Crippen LogP contribution in [0.5, 0.6) is 0 Å². The molecule has 0 rings (SSSR count). The smallest absolute Gasteiger partial charge is 0.305 e. The van der Waals surface area contributed by atoms with E-state index in [0.717, 1.165) is 32.0 Å². The van der Waals surface area contributed by atoms with Crippen molar-refractivity contribution >= 4 is 12.3 Å². The quantitative estimate of drug-likeness (QED) is 0.0390. The third-order valence-electron chi connectivity index (χ3n) is 9.46. The summed E-state index contributed by atoms with van der Waals surface area (Å²) in [7, 11) is 0. The molecule has 0 saturated carbocycles. The fourth-order valence-electron chi connectivity index (χ4n) is 6.41.